The van der Waals surface area contributed by atoms with E-state index in [4.69, 9.17) is 9.73 Å². The second-order valence-corrected chi connectivity index (χ2v) is 7.63. The van der Waals surface area contributed by atoms with Crippen LogP contribution < -0.4 is 10.6 Å². The van der Waals surface area contributed by atoms with E-state index in [-0.39, 0.29) is 24.0 Å². The van der Waals surface area contributed by atoms with E-state index >= 15 is 0 Å². The van der Waals surface area contributed by atoms with E-state index in [2.05, 4.69) is 54.3 Å². The lowest BCUT2D eigenvalue weighted by molar-refractivity contribution is 0.0143. The van der Waals surface area contributed by atoms with Gasteiger partial charge in [0.05, 0.1) is 19.8 Å². The summed E-state index contributed by atoms with van der Waals surface area (Å²) in [7, 11) is 0. The Morgan fingerprint density at radius 3 is 2.68 bits per heavy atom. The average molecular weight is 503 g/mol. The predicted molar refractivity (Wildman–Crippen MR) is 128 cm³/mol. The second kappa shape index (κ2) is 14.1. The van der Waals surface area contributed by atoms with Crippen molar-refractivity contribution in [3.05, 3.63) is 29.6 Å². The van der Waals surface area contributed by atoms with Gasteiger partial charge in [-0.2, -0.15) is 0 Å². The molecule has 2 rings (SSSR count). The number of morpholine rings is 1. The molecule has 6 nitrogen and oxygen atoms in total. The number of guanidine groups is 1. The molecule has 1 aliphatic rings. The Morgan fingerprint density at radius 1 is 1.29 bits per heavy atom. The largest absolute Gasteiger partial charge is 0.379 e. The molecule has 2 N–H and O–H groups in total. The third kappa shape index (κ3) is 9.05. The molecule has 1 aromatic heterocycles. The lowest BCUT2D eigenvalue weighted by Crippen LogP contribution is -2.46. The van der Waals surface area contributed by atoms with Gasteiger partial charge in [-0.05, 0) is 49.8 Å². The minimum atomic E-state index is 0. The van der Waals surface area contributed by atoms with Crippen LogP contribution in [-0.4, -0.2) is 67.8 Å². The number of ether oxygens (including phenoxy) is 1. The van der Waals surface area contributed by atoms with E-state index in [0.717, 1.165) is 58.3 Å². The minimum absolute atomic E-state index is 0. The number of aliphatic imine (C=N–C) groups is 1. The molecule has 0 radical (unpaired) electrons. The Morgan fingerprint density at radius 2 is 2.04 bits per heavy atom. The van der Waals surface area contributed by atoms with E-state index < -0.39 is 0 Å². The highest BCUT2D eigenvalue weighted by Gasteiger charge is 2.21. The van der Waals surface area contributed by atoms with Gasteiger partial charge in [-0.3, -0.25) is 14.9 Å². The highest BCUT2D eigenvalue weighted by molar-refractivity contribution is 14.0. The second-order valence-electron chi connectivity index (χ2n) is 7.63. The van der Waals surface area contributed by atoms with Crippen LogP contribution in [0, 0.1) is 12.8 Å². The molecule has 1 aliphatic heterocycles. The maximum Gasteiger partial charge on any atom is 0.191 e. The van der Waals surface area contributed by atoms with Crippen molar-refractivity contribution >= 4 is 29.9 Å². The fourth-order valence-corrected chi connectivity index (χ4v) is 3.46. The molecule has 7 heteroatoms. The molecular weight excluding hydrogens is 465 g/mol. The Labute approximate surface area is 187 Å². The maximum atomic E-state index is 5.52. The zero-order valence-corrected chi connectivity index (χ0v) is 20.2. The smallest absolute Gasteiger partial charge is 0.191 e. The van der Waals surface area contributed by atoms with Gasteiger partial charge >= 0.3 is 0 Å². The molecule has 2 heterocycles. The molecule has 0 amide bonds. The summed E-state index contributed by atoms with van der Waals surface area (Å²) in [5.41, 5.74) is 2.57. The van der Waals surface area contributed by atoms with Crippen molar-refractivity contribution in [1.82, 2.24) is 20.5 Å². The van der Waals surface area contributed by atoms with Crippen LogP contribution in [0.25, 0.3) is 0 Å². The lowest BCUT2D eigenvalue weighted by atomic mass is 10.0. The standard InChI is InChI=1S/C21H37N5O.HI/c1-5-23-21(24-9-7-19-6-8-22-15-18(19)4)25-16-20(14-17(2)3)26-10-12-27-13-11-26;/h6,8,15,17,20H,5,7,9-14,16H2,1-4H3,(H2,23,24,25);1H. The van der Waals surface area contributed by atoms with Gasteiger partial charge in [0, 0.05) is 44.6 Å². The maximum absolute atomic E-state index is 5.52. The van der Waals surface area contributed by atoms with Gasteiger partial charge in [0.15, 0.2) is 5.96 Å². The molecular formula is C21H38IN5O. The van der Waals surface area contributed by atoms with Crippen LogP contribution in [0.1, 0.15) is 38.3 Å². The molecule has 1 fully saturated rings. The van der Waals surface area contributed by atoms with Crippen LogP contribution in [0.15, 0.2) is 23.5 Å². The number of hydrogen-bond acceptors (Lipinski definition) is 4. The first-order chi connectivity index (χ1) is 13.1. The molecule has 28 heavy (non-hydrogen) atoms. The first-order valence-electron chi connectivity index (χ1n) is 10.3. The van der Waals surface area contributed by atoms with E-state index in [1.165, 1.54) is 17.5 Å². The fourth-order valence-electron chi connectivity index (χ4n) is 3.46. The first-order valence-corrected chi connectivity index (χ1v) is 10.3. The topological polar surface area (TPSA) is 61.8 Å². The highest BCUT2D eigenvalue weighted by Crippen LogP contribution is 2.14. The summed E-state index contributed by atoms with van der Waals surface area (Å²) in [6, 6.07) is 2.57. The number of pyridine rings is 1. The third-order valence-corrected chi connectivity index (χ3v) is 4.93. The van der Waals surface area contributed by atoms with Crippen molar-refractivity contribution in [2.24, 2.45) is 10.9 Å². The van der Waals surface area contributed by atoms with Gasteiger partial charge in [0.25, 0.3) is 0 Å². The monoisotopic (exact) mass is 503 g/mol. The quantitative estimate of drug-likeness (QED) is 0.309. The summed E-state index contributed by atoms with van der Waals surface area (Å²) < 4.78 is 5.52. The van der Waals surface area contributed by atoms with Crippen molar-refractivity contribution in [3.63, 3.8) is 0 Å². The molecule has 1 atom stereocenters. The van der Waals surface area contributed by atoms with Crippen molar-refractivity contribution in [1.29, 1.82) is 0 Å². The van der Waals surface area contributed by atoms with Crippen molar-refractivity contribution in [2.45, 2.75) is 46.6 Å². The molecule has 0 bridgehead atoms. The summed E-state index contributed by atoms with van der Waals surface area (Å²) in [6.07, 6.45) is 5.92. The van der Waals surface area contributed by atoms with E-state index in [9.17, 15) is 0 Å². The molecule has 1 saturated heterocycles. The summed E-state index contributed by atoms with van der Waals surface area (Å²) in [4.78, 5) is 11.6. The molecule has 0 spiro atoms. The molecule has 1 aromatic rings. The zero-order valence-electron chi connectivity index (χ0n) is 17.9. The van der Waals surface area contributed by atoms with Crippen LogP contribution in [0.5, 0.6) is 0 Å². The van der Waals surface area contributed by atoms with Gasteiger partial charge in [-0.1, -0.05) is 13.8 Å². The normalized spacial score (nSPS) is 16.5. The van der Waals surface area contributed by atoms with Crippen molar-refractivity contribution in [2.75, 3.05) is 45.9 Å². The minimum Gasteiger partial charge on any atom is -0.379 e. The number of hydrogen-bond donors (Lipinski definition) is 2. The Hall–Kier alpha value is -0.930. The van der Waals surface area contributed by atoms with Crippen molar-refractivity contribution in [3.8, 4) is 0 Å². The number of nitrogens with one attached hydrogen (secondary N) is 2. The number of aromatic nitrogens is 1. The molecule has 0 aromatic carbocycles. The van der Waals surface area contributed by atoms with Crippen LogP contribution in [0.4, 0.5) is 0 Å². The zero-order chi connectivity index (χ0) is 19.5. The summed E-state index contributed by atoms with van der Waals surface area (Å²) in [5, 5.41) is 6.86. The van der Waals surface area contributed by atoms with Crippen LogP contribution >= 0.6 is 24.0 Å². The molecule has 160 valence electrons. The number of nitrogens with zero attached hydrogens (tertiary/aromatic N) is 3. The highest BCUT2D eigenvalue weighted by atomic mass is 127. The Bertz CT molecular complexity index is 576. The van der Waals surface area contributed by atoms with Crippen LogP contribution in [-0.2, 0) is 11.2 Å². The lowest BCUT2D eigenvalue weighted by Gasteiger charge is -2.34. The molecule has 0 saturated carbocycles. The summed E-state index contributed by atoms with van der Waals surface area (Å²) >= 11 is 0. The number of rotatable bonds is 9. The van der Waals surface area contributed by atoms with Crippen LogP contribution in [0.3, 0.4) is 0 Å². The van der Waals surface area contributed by atoms with E-state index in [0.29, 0.717) is 12.0 Å². The molecule has 0 aliphatic carbocycles. The number of aryl methyl sites for hydroxylation is 1. The summed E-state index contributed by atoms with van der Waals surface area (Å²) in [6.45, 7) is 15.0. The van der Waals surface area contributed by atoms with Gasteiger partial charge in [0.1, 0.15) is 0 Å². The van der Waals surface area contributed by atoms with E-state index in [1.807, 2.05) is 12.4 Å². The number of halogens is 1. The Kier molecular flexibility index (Phi) is 12.7. The van der Waals surface area contributed by atoms with Gasteiger partial charge in [-0.15, -0.1) is 24.0 Å². The third-order valence-electron chi connectivity index (χ3n) is 4.93. The van der Waals surface area contributed by atoms with Gasteiger partial charge in [0.2, 0.25) is 0 Å². The van der Waals surface area contributed by atoms with Crippen molar-refractivity contribution < 1.29 is 4.74 Å². The first kappa shape index (κ1) is 25.1. The predicted octanol–water partition coefficient (Wildman–Crippen LogP) is 2.85. The summed E-state index contributed by atoms with van der Waals surface area (Å²) in [5.74, 6) is 1.57. The van der Waals surface area contributed by atoms with E-state index in [1.54, 1.807) is 0 Å². The molecule has 1 unspecified atom stereocenters. The van der Waals surface area contributed by atoms with Gasteiger partial charge in [-0.25, -0.2) is 0 Å². The van der Waals surface area contributed by atoms with Gasteiger partial charge < -0.3 is 15.4 Å². The fraction of sp³-hybridized carbons (Fsp3) is 0.714. The SMILES string of the molecule is CCNC(=NCC(CC(C)C)N1CCOCC1)NCCc1ccncc1C.I. The van der Waals surface area contributed by atoms with Crippen LogP contribution in [0.2, 0.25) is 0 Å². The Balaban J connectivity index is 0.00000392. The average Bonchev–Trinajstić information content (AvgIpc) is 2.67.